The van der Waals surface area contributed by atoms with Gasteiger partial charge in [-0.3, -0.25) is 13.9 Å². The Bertz CT molecular complexity index is 1510. The standard InChI is InChI=1S/C33H41N3O7S/c1-5-43-28-17-15-27(16-18-28)36(44(39,40)29-19-20-30(41-3)31(21-29)42-4)23-32(37)35(22-25-11-7-6-8-12-25)24(2)33(38)34-26-13-9-10-14-26/h6-8,11-12,15-21,24,26H,5,9-10,13-14,22-23H2,1-4H3,(H,34,38). The van der Waals surface area contributed by atoms with Gasteiger partial charge < -0.3 is 24.4 Å². The summed E-state index contributed by atoms with van der Waals surface area (Å²) in [6.45, 7) is 3.56. The van der Waals surface area contributed by atoms with E-state index in [0.717, 1.165) is 35.6 Å². The van der Waals surface area contributed by atoms with Crippen LogP contribution in [0.5, 0.6) is 17.2 Å². The summed E-state index contributed by atoms with van der Waals surface area (Å²) in [5, 5.41) is 3.08. The maximum Gasteiger partial charge on any atom is 0.264 e. The minimum Gasteiger partial charge on any atom is -0.494 e. The van der Waals surface area contributed by atoms with E-state index < -0.39 is 28.5 Å². The van der Waals surface area contributed by atoms with Crippen LogP contribution >= 0.6 is 0 Å². The second kappa shape index (κ2) is 15.0. The van der Waals surface area contributed by atoms with Gasteiger partial charge in [0.1, 0.15) is 18.3 Å². The molecule has 0 aliphatic heterocycles. The number of hydrogen-bond acceptors (Lipinski definition) is 7. The maximum atomic E-state index is 14.2. The molecule has 1 aliphatic carbocycles. The molecular weight excluding hydrogens is 582 g/mol. The molecule has 1 aliphatic rings. The van der Waals surface area contributed by atoms with Crippen LogP contribution in [0.25, 0.3) is 0 Å². The van der Waals surface area contributed by atoms with Crippen molar-refractivity contribution in [2.75, 3.05) is 31.7 Å². The van der Waals surface area contributed by atoms with E-state index in [1.54, 1.807) is 31.2 Å². The molecule has 0 bridgehead atoms. The quantitative estimate of drug-likeness (QED) is 0.275. The Balaban J connectivity index is 1.71. The van der Waals surface area contributed by atoms with E-state index in [9.17, 15) is 18.0 Å². The van der Waals surface area contributed by atoms with Gasteiger partial charge in [-0.1, -0.05) is 43.2 Å². The molecule has 1 fully saturated rings. The van der Waals surface area contributed by atoms with E-state index >= 15 is 0 Å². The summed E-state index contributed by atoms with van der Waals surface area (Å²) in [4.78, 5) is 28.9. The zero-order chi connectivity index (χ0) is 31.7. The molecule has 1 saturated carbocycles. The molecule has 0 radical (unpaired) electrons. The van der Waals surface area contributed by atoms with Crippen molar-refractivity contribution in [2.24, 2.45) is 0 Å². The van der Waals surface area contributed by atoms with Crippen LogP contribution in [-0.4, -0.2) is 64.6 Å². The summed E-state index contributed by atoms with van der Waals surface area (Å²) in [5.74, 6) is 0.368. The molecule has 1 atom stereocenters. The normalized spacial score (nSPS) is 14.0. The van der Waals surface area contributed by atoms with Crippen molar-refractivity contribution in [3.63, 3.8) is 0 Å². The number of ether oxygens (including phenoxy) is 3. The second-order valence-corrected chi connectivity index (χ2v) is 12.5. The van der Waals surface area contributed by atoms with E-state index in [4.69, 9.17) is 14.2 Å². The Morgan fingerprint density at radius 1 is 0.932 bits per heavy atom. The molecule has 3 aromatic rings. The largest absolute Gasteiger partial charge is 0.494 e. The predicted molar refractivity (Wildman–Crippen MR) is 169 cm³/mol. The average Bonchev–Trinajstić information content (AvgIpc) is 3.55. The van der Waals surface area contributed by atoms with Gasteiger partial charge in [-0.15, -0.1) is 0 Å². The van der Waals surface area contributed by atoms with Gasteiger partial charge in [0, 0.05) is 18.7 Å². The smallest absolute Gasteiger partial charge is 0.264 e. The molecular formula is C33H41N3O7S. The number of benzene rings is 3. The Morgan fingerprint density at radius 3 is 2.20 bits per heavy atom. The highest BCUT2D eigenvalue weighted by atomic mass is 32.2. The first kappa shape index (κ1) is 32.7. The minimum absolute atomic E-state index is 0.0735. The van der Waals surface area contributed by atoms with Crippen LogP contribution in [0.4, 0.5) is 5.69 Å². The third kappa shape index (κ3) is 7.82. The van der Waals surface area contributed by atoms with Crippen LogP contribution in [-0.2, 0) is 26.2 Å². The summed E-state index contributed by atoms with van der Waals surface area (Å²) >= 11 is 0. The van der Waals surface area contributed by atoms with E-state index in [1.807, 2.05) is 37.3 Å². The van der Waals surface area contributed by atoms with Gasteiger partial charge in [0.25, 0.3) is 10.0 Å². The maximum absolute atomic E-state index is 14.2. The molecule has 1 N–H and O–H groups in total. The van der Waals surface area contributed by atoms with Gasteiger partial charge in [0.2, 0.25) is 11.8 Å². The van der Waals surface area contributed by atoms with Crippen molar-refractivity contribution >= 4 is 27.5 Å². The third-order valence-corrected chi connectivity index (χ3v) is 9.49. The van der Waals surface area contributed by atoms with Gasteiger partial charge in [0.05, 0.1) is 31.4 Å². The van der Waals surface area contributed by atoms with Crippen LogP contribution in [0.2, 0.25) is 0 Å². The lowest BCUT2D eigenvalue weighted by Gasteiger charge is -2.32. The molecule has 4 rings (SSSR count). The number of carbonyl (C=O) groups is 2. The number of sulfonamides is 1. The summed E-state index contributed by atoms with van der Waals surface area (Å²) in [7, 11) is -1.42. The number of carbonyl (C=O) groups excluding carboxylic acids is 2. The first-order valence-electron chi connectivity index (χ1n) is 14.8. The molecule has 2 amide bonds. The number of rotatable bonds is 14. The number of amides is 2. The van der Waals surface area contributed by atoms with E-state index in [2.05, 4.69) is 5.32 Å². The predicted octanol–water partition coefficient (Wildman–Crippen LogP) is 4.77. The highest BCUT2D eigenvalue weighted by Gasteiger charge is 2.34. The fraction of sp³-hybridized carbons (Fsp3) is 0.394. The average molecular weight is 624 g/mol. The lowest BCUT2D eigenvalue weighted by molar-refractivity contribution is -0.139. The van der Waals surface area contributed by atoms with Crippen molar-refractivity contribution in [2.45, 2.75) is 63.1 Å². The molecule has 0 saturated heterocycles. The van der Waals surface area contributed by atoms with E-state index in [0.29, 0.717) is 18.1 Å². The van der Waals surface area contributed by atoms with Gasteiger partial charge in [-0.2, -0.15) is 0 Å². The lowest BCUT2D eigenvalue weighted by atomic mass is 10.1. The fourth-order valence-electron chi connectivity index (χ4n) is 5.26. The Kier molecular flexibility index (Phi) is 11.1. The molecule has 0 heterocycles. The summed E-state index contributed by atoms with van der Waals surface area (Å²) in [5.41, 5.74) is 1.08. The van der Waals surface area contributed by atoms with Gasteiger partial charge in [-0.05, 0) is 68.7 Å². The van der Waals surface area contributed by atoms with Crippen LogP contribution in [0.3, 0.4) is 0 Å². The van der Waals surface area contributed by atoms with Crippen molar-refractivity contribution < 1.29 is 32.2 Å². The SMILES string of the molecule is CCOc1ccc(N(CC(=O)N(Cc2ccccc2)C(C)C(=O)NC2CCCC2)S(=O)(=O)c2ccc(OC)c(OC)c2)cc1. The van der Waals surface area contributed by atoms with Crippen LogP contribution < -0.4 is 23.8 Å². The van der Waals surface area contributed by atoms with E-state index in [-0.39, 0.29) is 34.8 Å². The lowest BCUT2D eigenvalue weighted by Crippen LogP contribution is -2.52. The van der Waals surface area contributed by atoms with Gasteiger partial charge in [-0.25, -0.2) is 8.42 Å². The Morgan fingerprint density at radius 2 is 1.59 bits per heavy atom. The number of anilines is 1. The molecule has 0 aromatic heterocycles. The number of nitrogens with one attached hydrogen (secondary N) is 1. The fourth-order valence-corrected chi connectivity index (χ4v) is 6.69. The van der Waals surface area contributed by atoms with Crippen LogP contribution in [0.1, 0.15) is 45.1 Å². The number of nitrogens with zero attached hydrogens (tertiary/aromatic N) is 2. The van der Waals surface area contributed by atoms with Crippen molar-refractivity contribution in [3.8, 4) is 17.2 Å². The van der Waals surface area contributed by atoms with Gasteiger partial charge >= 0.3 is 0 Å². The first-order chi connectivity index (χ1) is 21.2. The van der Waals surface area contributed by atoms with Crippen molar-refractivity contribution in [3.05, 3.63) is 78.4 Å². The van der Waals surface area contributed by atoms with E-state index in [1.165, 1.54) is 37.3 Å². The first-order valence-corrected chi connectivity index (χ1v) is 16.2. The van der Waals surface area contributed by atoms with Gasteiger partial charge in [0.15, 0.2) is 11.5 Å². The molecule has 44 heavy (non-hydrogen) atoms. The molecule has 10 nitrogen and oxygen atoms in total. The monoisotopic (exact) mass is 623 g/mol. The zero-order valence-electron chi connectivity index (χ0n) is 25.7. The number of methoxy groups -OCH3 is 2. The summed E-state index contributed by atoms with van der Waals surface area (Å²) < 4.78 is 45.7. The van der Waals surface area contributed by atoms with Crippen molar-refractivity contribution in [1.29, 1.82) is 0 Å². The molecule has 1 unspecified atom stereocenters. The highest BCUT2D eigenvalue weighted by Crippen LogP contribution is 2.33. The summed E-state index contributed by atoms with van der Waals surface area (Å²) in [6.07, 6.45) is 3.91. The third-order valence-electron chi connectivity index (χ3n) is 7.72. The topological polar surface area (TPSA) is 114 Å². The number of hydrogen-bond donors (Lipinski definition) is 1. The highest BCUT2D eigenvalue weighted by molar-refractivity contribution is 7.92. The Hall–Kier alpha value is -4.25. The summed E-state index contributed by atoms with van der Waals surface area (Å²) in [6, 6.07) is 19.3. The van der Waals surface area contributed by atoms with Crippen molar-refractivity contribution in [1.82, 2.24) is 10.2 Å². The molecule has 11 heteroatoms. The molecule has 0 spiro atoms. The zero-order valence-corrected chi connectivity index (χ0v) is 26.5. The van der Waals surface area contributed by atoms with Crippen LogP contribution in [0.15, 0.2) is 77.7 Å². The minimum atomic E-state index is -4.29. The molecule has 3 aromatic carbocycles. The Labute approximate surface area is 260 Å². The molecule has 236 valence electrons. The van der Waals surface area contributed by atoms with Crippen LogP contribution in [0, 0.1) is 0 Å². The second-order valence-electron chi connectivity index (χ2n) is 10.6.